The number of amides is 2. The van der Waals surface area contributed by atoms with Gasteiger partial charge in [0.2, 0.25) is 11.8 Å². The molecule has 0 atom stereocenters. The van der Waals surface area contributed by atoms with E-state index in [0.717, 1.165) is 13.0 Å². The average molecular weight is 366 g/mol. The van der Waals surface area contributed by atoms with Crippen LogP contribution in [0.25, 0.3) is 0 Å². The second-order valence-electron chi connectivity index (χ2n) is 6.66. The van der Waals surface area contributed by atoms with Crippen LogP contribution >= 0.6 is 0 Å². The lowest BCUT2D eigenvalue weighted by Crippen LogP contribution is -2.39. The molecule has 2 aromatic rings. The van der Waals surface area contributed by atoms with Crippen LogP contribution in [0.3, 0.4) is 0 Å². The molecular formula is C22H26N2O3. The number of rotatable bonds is 6. The minimum absolute atomic E-state index is 0.0737. The quantitative estimate of drug-likeness (QED) is 0.787. The van der Waals surface area contributed by atoms with Crippen molar-refractivity contribution in [1.29, 1.82) is 0 Å². The first-order valence-corrected chi connectivity index (χ1v) is 9.44. The predicted molar refractivity (Wildman–Crippen MR) is 106 cm³/mol. The van der Waals surface area contributed by atoms with Crippen molar-refractivity contribution in [3.63, 3.8) is 0 Å². The minimum Gasteiger partial charge on any atom is -0.492 e. The Bertz CT molecular complexity index is 819. The summed E-state index contributed by atoms with van der Waals surface area (Å²) in [6.45, 7) is 5.66. The third-order valence-electron chi connectivity index (χ3n) is 4.87. The van der Waals surface area contributed by atoms with Crippen LogP contribution in [0.1, 0.15) is 31.4 Å². The highest BCUT2D eigenvalue weighted by molar-refractivity contribution is 5.93. The summed E-state index contributed by atoms with van der Waals surface area (Å²) in [5.41, 5.74) is 3.24. The van der Waals surface area contributed by atoms with Gasteiger partial charge in [0.1, 0.15) is 5.75 Å². The van der Waals surface area contributed by atoms with Gasteiger partial charge in [-0.3, -0.25) is 9.59 Å². The van der Waals surface area contributed by atoms with Crippen LogP contribution in [0.15, 0.2) is 48.5 Å². The molecule has 0 bridgehead atoms. The molecule has 1 aliphatic heterocycles. The van der Waals surface area contributed by atoms with Crippen molar-refractivity contribution in [3.05, 3.63) is 59.7 Å². The molecule has 3 rings (SSSR count). The van der Waals surface area contributed by atoms with Crippen molar-refractivity contribution in [2.75, 3.05) is 24.6 Å². The lowest BCUT2D eigenvalue weighted by Gasteiger charge is -2.30. The second-order valence-corrected chi connectivity index (χ2v) is 6.66. The molecule has 2 amide bonds. The number of carbonyl (C=O) groups is 2. The maximum absolute atomic E-state index is 12.7. The van der Waals surface area contributed by atoms with Gasteiger partial charge in [0.15, 0.2) is 0 Å². The van der Waals surface area contributed by atoms with Gasteiger partial charge in [0, 0.05) is 33.0 Å². The Balaban J connectivity index is 1.67. The van der Waals surface area contributed by atoms with E-state index in [2.05, 4.69) is 12.1 Å². The largest absolute Gasteiger partial charge is 0.492 e. The SMILES string of the molecule is CCOc1ccccc1N(CCC(=O)N1CCc2ccccc2C1)C(C)=O. The summed E-state index contributed by atoms with van der Waals surface area (Å²) in [4.78, 5) is 28.4. The second kappa shape index (κ2) is 8.71. The van der Waals surface area contributed by atoms with Gasteiger partial charge in [-0.1, -0.05) is 36.4 Å². The van der Waals surface area contributed by atoms with Crippen LogP contribution in [-0.2, 0) is 22.6 Å². The smallest absolute Gasteiger partial charge is 0.224 e. The zero-order valence-electron chi connectivity index (χ0n) is 16.0. The van der Waals surface area contributed by atoms with Gasteiger partial charge in [0.25, 0.3) is 0 Å². The van der Waals surface area contributed by atoms with Crippen LogP contribution in [0.2, 0.25) is 0 Å². The Morgan fingerprint density at radius 1 is 1.07 bits per heavy atom. The Morgan fingerprint density at radius 2 is 1.78 bits per heavy atom. The van der Waals surface area contributed by atoms with E-state index in [4.69, 9.17) is 4.74 Å². The molecule has 0 unspecified atom stereocenters. The molecular weight excluding hydrogens is 340 g/mol. The fourth-order valence-electron chi connectivity index (χ4n) is 3.48. The maximum atomic E-state index is 12.7. The molecule has 1 aliphatic rings. The van der Waals surface area contributed by atoms with E-state index in [0.29, 0.717) is 37.6 Å². The van der Waals surface area contributed by atoms with Gasteiger partial charge in [-0.25, -0.2) is 0 Å². The molecule has 27 heavy (non-hydrogen) atoms. The summed E-state index contributed by atoms with van der Waals surface area (Å²) < 4.78 is 5.64. The predicted octanol–water partition coefficient (Wildman–Crippen LogP) is 3.41. The molecule has 0 aliphatic carbocycles. The van der Waals surface area contributed by atoms with Gasteiger partial charge in [-0.2, -0.15) is 0 Å². The number of nitrogens with zero attached hydrogens (tertiary/aromatic N) is 2. The number of fused-ring (bicyclic) bond motifs is 1. The van der Waals surface area contributed by atoms with Crippen molar-refractivity contribution in [2.45, 2.75) is 33.2 Å². The van der Waals surface area contributed by atoms with Crippen LogP contribution in [0.4, 0.5) is 5.69 Å². The Labute approximate surface area is 160 Å². The fraction of sp³-hybridized carbons (Fsp3) is 0.364. The topological polar surface area (TPSA) is 49.9 Å². The monoisotopic (exact) mass is 366 g/mol. The minimum atomic E-state index is -0.0982. The third-order valence-corrected chi connectivity index (χ3v) is 4.87. The molecule has 0 spiro atoms. The first-order chi connectivity index (χ1) is 13.1. The van der Waals surface area contributed by atoms with Crippen molar-refractivity contribution in [1.82, 2.24) is 4.90 Å². The van der Waals surface area contributed by atoms with E-state index >= 15 is 0 Å². The number of ether oxygens (including phenoxy) is 1. The van der Waals surface area contributed by atoms with Gasteiger partial charge < -0.3 is 14.5 Å². The van der Waals surface area contributed by atoms with E-state index in [1.54, 1.807) is 4.90 Å². The van der Waals surface area contributed by atoms with Crippen LogP contribution in [0.5, 0.6) is 5.75 Å². The molecule has 0 saturated heterocycles. The number of carbonyl (C=O) groups excluding carboxylic acids is 2. The first kappa shape index (κ1) is 19.0. The van der Waals surface area contributed by atoms with Crippen LogP contribution in [-0.4, -0.2) is 36.4 Å². The summed E-state index contributed by atoms with van der Waals surface area (Å²) in [5.74, 6) is 0.637. The third kappa shape index (κ3) is 4.48. The van der Waals surface area contributed by atoms with E-state index in [9.17, 15) is 9.59 Å². The van der Waals surface area contributed by atoms with Crippen molar-refractivity contribution in [2.24, 2.45) is 0 Å². The summed E-state index contributed by atoms with van der Waals surface area (Å²) in [6.07, 6.45) is 1.17. The highest BCUT2D eigenvalue weighted by Gasteiger charge is 2.22. The summed E-state index contributed by atoms with van der Waals surface area (Å²) in [5, 5.41) is 0. The number of hydrogen-bond acceptors (Lipinski definition) is 3. The summed E-state index contributed by atoms with van der Waals surface area (Å²) >= 11 is 0. The number of anilines is 1. The van der Waals surface area contributed by atoms with Crippen LogP contribution < -0.4 is 9.64 Å². The lowest BCUT2D eigenvalue weighted by atomic mass is 10.00. The molecule has 0 aromatic heterocycles. The average Bonchev–Trinajstić information content (AvgIpc) is 2.68. The number of hydrogen-bond donors (Lipinski definition) is 0. The van der Waals surface area contributed by atoms with Crippen molar-refractivity contribution in [3.8, 4) is 5.75 Å². The molecule has 142 valence electrons. The number of benzene rings is 2. The maximum Gasteiger partial charge on any atom is 0.224 e. The normalized spacial score (nSPS) is 13.0. The molecule has 0 fully saturated rings. The lowest BCUT2D eigenvalue weighted by molar-refractivity contribution is -0.131. The van der Waals surface area contributed by atoms with Crippen LogP contribution in [0, 0.1) is 0 Å². The highest BCUT2D eigenvalue weighted by atomic mass is 16.5. The standard InChI is InChI=1S/C22H26N2O3/c1-3-27-21-11-7-6-10-20(21)24(17(2)25)15-13-22(26)23-14-12-18-8-4-5-9-19(18)16-23/h4-11H,3,12-16H2,1-2H3. The highest BCUT2D eigenvalue weighted by Crippen LogP contribution is 2.28. The molecule has 5 heteroatoms. The Hall–Kier alpha value is -2.82. The van der Waals surface area contributed by atoms with E-state index in [1.165, 1.54) is 18.1 Å². The molecule has 0 radical (unpaired) electrons. The Kier molecular flexibility index (Phi) is 6.12. The van der Waals surface area contributed by atoms with Gasteiger partial charge in [-0.15, -0.1) is 0 Å². The molecule has 1 heterocycles. The van der Waals surface area contributed by atoms with Gasteiger partial charge in [0.05, 0.1) is 12.3 Å². The molecule has 0 saturated carbocycles. The Morgan fingerprint density at radius 3 is 2.52 bits per heavy atom. The molecule has 0 N–H and O–H groups in total. The number of para-hydroxylation sites is 2. The van der Waals surface area contributed by atoms with E-state index in [1.807, 2.05) is 48.2 Å². The summed E-state index contributed by atoms with van der Waals surface area (Å²) in [7, 11) is 0. The van der Waals surface area contributed by atoms with E-state index in [-0.39, 0.29) is 11.8 Å². The molecule has 2 aromatic carbocycles. The van der Waals surface area contributed by atoms with Crippen molar-refractivity contribution >= 4 is 17.5 Å². The first-order valence-electron chi connectivity index (χ1n) is 9.44. The summed E-state index contributed by atoms with van der Waals surface area (Å²) in [6, 6.07) is 15.7. The van der Waals surface area contributed by atoms with E-state index < -0.39 is 0 Å². The van der Waals surface area contributed by atoms with Crippen molar-refractivity contribution < 1.29 is 14.3 Å². The fourth-order valence-corrected chi connectivity index (χ4v) is 3.48. The zero-order valence-corrected chi connectivity index (χ0v) is 16.0. The zero-order chi connectivity index (χ0) is 19.2. The van der Waals surface area contributed by atoms with Gasteiger partial charge >= 0.3 is 0 Å². The van der Waals surface area contributed by atoms with Gasteiger partial charge in [-0.05, 0) is 36.6 Å². The molecule has 5 nitrogen and oxygen atoms in total.